The van der Waals surface area contributed by atoms with Crippen LogP contribution in [0.15, 0.2) is 67.0 Å². The van der Waals surface area contributed by atoms with E-state index in [9.17, 15) is 0 Å². The lowest BCUT2D eigenvalue weighted by molar-refractivity contribution is 0.269. The minimum absolute atomic E-state index is 0.0993. The summed E-state index contributed by atoms with van der Waals surface area (Å²) >= 11 is 0. The lowest BCUT2D eigenvalue weighted by Gasteiger charge is -2.06. The molecule has 0 aliphatic rings. The normalized spacial score (nSPS) is 10.6. The first-order valence-electron chi connectivity index (χ1n) is 7.37. The topological polar surface area (TPSA) is 50.1 Å². The molecule has 0 amide bonds. The third-order valence-electron chi connectivity index (χ3n) is 3.52. The number of aromatic nitrogens is 2. The molecule has 22 heavy (non-hydrogen) atoms. The second-order valence-corrected chi connectivity index (χ2v) is 5.13. The van der Waals surface area contributed by atoms with Crippen LogP contribution in [0.3, 0.4) is 0 Å². The zero-order valence-corrected chi connectivity index (χ0v) is 12.3. The summed E-state index contributed by atoms with van der Waals surface area (Å²) in [4.78, 5) is 0. The van der Waals surface area contributed by atoms with Crippen molar-refractivity contribution in [1.29, 1.82) is 0 Å². The Balaban J connectivity index is 1.61. The van der Waals surface area contributed by atoms with Gasteiger partial charge in [0.2, 0.25) is 0 Å². The highest BCUT2D eigenvalue weighted by atomic mass is 16.3. The molecule has 112 valence electrons. The van der Waals surface area contributed by atoms with Gasteiger partial charge in [-0.2, -0.15) is 5.10 Å². The monoisotopic (exact) mass is 293 g/mol. The summed E-state index contributed by atoms with van der Waals surface area (Å²) in [6.45, 7) is 1.37. The van der Waals surface area contributed by atoms with Crippen LogP contribution in [0.4, 0.5) is 5.69 Å². The van der Waals surface area contributed by atoms with Crippen LogP contribution in [0.5, 0.6) is 0 Å². The van der Waals surface area contributed by atoms with E-state index in [0.717, 1.165) is 12.2 Å². The quantitative estimate of drug-likeness (QED) is 0.734. The van der Waals surface area contributed by atoms with E-state index in [1.165, 1.54) is 16.7 Å². The van der Waals surface area contributed by atoms with Crippen LogP contribution in [-0.4, -0.2) is 21.5 Å². The second kappa shape index (κ2) is 6.91. The highest BCUT2D eigenvalue weighted by Crippen LogP contribution is 2.19. The van der Waals surface area contributed by atoms with Crippen molar-refractivity contribution in [3.8, 4) is 11.1 Å². The van der Waals surface area contributed by atoms with E-state index in [4.69, 9.17) is 5.11 Å². The highest BCUT2D eigenvalue weighted by molar-refractivity contribution is 5.63. The van der Waals surface area contributed by atoms with Gasteiger partial charge in [0.05, 0.1) is 25.0 Å². The molecule has 3 aromatic rings. The van der Waals surface area contributed by atoms with Crippen molar-refractivity contribution in [3.63, 3.8) is 0 Å². The summed E-state index contributed by atoms with van der Waals surface area (Å²) in [5.41, 5.74) is 4.63. The Kier molecular flexibility index (Phi) is 4.51. The van der Waals surface area contributed by atoms with Crippen molar-refractivity contribution in [2.75, 3.05) is 11.9 Å². The lowest BCUT2D eigenvalue weighted by Crippen LogP contribution is -2.02. The Labute approximate surface area is 130 Å². The van der Waals surface area contributed by atoms with Gasteiger partial charge in [0.25, 0.3) is 0 Å². The predicted molar refractivity (Wildman–Crippen MR) is 88.5 cm³/mol. The SMILES string of the molecule is OCCn1cc(NCc2ccc(-c3ccccc3)cc2)cn1. The first kappa shape index (κ1) is 14.4. The molecule has 0 unspecified atom stereocenters. The lowest BCUT2D eigenvalue weighted by atomic mass is 10.0. The standard InChI is InChI=1S/C18H19N3O/c22-11-10-21-14-18(13-20-21)19-12-15-6-8-17(9-7-15)16-4-2-1-3-5-16/h1-9,13-14,19,22H,10-12H2. The van der Waals surface area contributed by atoms with Gasteiger partial charge in [-0.3, -0.25) is 4.68 Å². The van der Waals surface area contributed by atoms with E-state index in [-0.39, 0.29) is 6.61 Å². The van der Waals surface area contributed by atoms with Crippen LogP contribution in [-0.2, 0) is 13.1 Å². The number of benzene rings is 2. The molecular weight excluding hydrogens is 274 g/mol. The number of nitrogens with one attached hydrogen (secondary N) is 1. The van der Waals surface area contributed by atoms with Gasteiger partial charge in [0, 0.05) is 12.7 Å². The fourth-order valence-electron chi connectivity index (χ4n) is 2.33. The van der Waals surface area contributed by atoms with Crippen molar-refractivity contribution >= 4 is 5.69 Å². The smallest absolute Gasteiger partial charge is 0.0729 e. The van der Waals surface area contributed by atoms with Crippen molar-refractivity contribution in [3.05, 3.63) is 72.6 Å². The number of aliphatic hydroxyl groups is 1. The van der Waals surface area contributed by atoms with Crippen molar-refractivity contribution in [1.82, 2.24) is 9.78 Å². The first-order chi connectivity index (χ1) is 10.8. The Hall–Kier alpha value is -2.59. The molecular formula is C18H19N3O. The molecule has 2 aromatic carbocycles. The average molecular weight is 293 g/mol. The van der Waals surface area contributed by atoms with Gasteiger partial charge in [0.1, 0.15) is 0 Å². The van der Waals surface area contributed by atoms with Crippen LogP contribution < -0.4 is 5.32 Å². The minimum Gasteiger partial charge on any atom is -0.394 e. The molecule has 0 saturated heterocycles. The Morgan fingerprint density at radius 1 is 0.955 bits per heavy atom. The van der Waals surface area contributed by atoms with Gasteiger partial charge in [-0.15, -0.1) is 0 Å². The number of nitrogens with zero attached hydrogens (tertiary/aromatic N) is 2. The molecule has 0 atom stereocenters. The van der Waals surface area contributed by atoms with Gasteiger partial charge in [-0.1, -0.05) is 54.6 Å². The summed E-state index contributed by atoms with van der Waals surface area (Å²) < 4.78 is 1.72. The number of anilines is 1. The Bertz CT molecular complexity index is 705. The molecule has 0 spiro atoms. The maximum Gasteiger partial charge on any atom is 0.0729 e. The zero-order chi connectivity index (χ0) is 15.2. The third kappa shape index (κ3) is 3.54. The molecule has 0 fully saturated rings. The van der Waals surface area contributed by atoms with Crippen LogP contribution in [0, 0.1) is 0 Å². The number of aliphatic hydroxyl groups excluding tert-OH is 1. The molecule has 2 N–H and O–H groups in total. The molecule has 1 heterocycles. The van der Waals surface area contributed by atoms with Crippen molar-refractivity contribution in [2.24, 2.45) is 0 Å². The summed E-state index contributed by atoms with van der Waals surface area (Å²) in [5, 5.41) is 16.4. The Morgan fingerprint density at radius 3 is 2.41 bits per heavy atom. The highest BCUT2D eigenvalue weighted by Gasteiger charge is 2.00. The molecule has 0 radical (unpaired) electrons. The third-order valence-corrected chi connectivity index (χ3v) is 3.52. The van der Waals surface area contributed by atoms with E-state index in [1.807, 2.05) is 12.3 Å². The van der Waals surface area contributed by atoms with Crippen LogP contribution >= 0.6 is 0 Å². The summed E-state index contributed by atoms with van der Waals surface area (Å²) in [6, 6.07) is 18.9. The zero-order valence-electron chi connectivity index (χ0n) is 12.3. The van der Waals surface area contributed by atoms with E-state index >= 15 is 0 Å². The molecule has 0 aliphatic carbocycles. The van der Waals surface area contributed by atoms with E-state index in [2.05, 4.69) is 58.9 Å². The van der Waals surface area contributed by atoms with Crippen LogP contribution in [0.25, 0.3) is 11.1 Å². The number of hydrogen-bond acceptors (Lipinski definition) is 3. The summed E-state index contributed by atoms with van der Waals surface area (Å²) in [5.74, 6) is 0. The fourth-order valence-corrected chi connectivity index (χ4v) is 2.33. The van der Waals surface area contributed by atoms with Crippen LogP contribution in [0.1, 0.15) is 5.56 Å². The summed E-state index contributed by atoms with van der Waals surface area (Å²) in [7, 11) is 0. The molecule has 0 bridgehead atoms. The molecule has 1 aromatic heterocycles. The Morgan fingerprint density at radius 2 is 1.68 bits per heavy atom. The fraction of sp³-hybridized carbons (Fsp3) is 0.167. The first-order valence-corrected chi connectivity index (χ1v) is 7.37. The molecule has 3 rings (SSSR count). The average Bonchev–Trinajstić information content (AvgIpc) is 3.02. The van der Waals surface area contributed by atoms with Gasteiger partial charge in [-0.05, 0) is 16.7 Å². The summed E-state index contributed by atoms with van der Waals surface area (Å²) in [6.07, 6.45) is 3.67. The second-order valence-electron chi connectivity index (χ2n) is 5.13. The molecule has 4 heteroatoms. The molecule has 4 nitrogen and oxygen atoms in total. The molecule has 0 saturated carbocycles. The minimum atomic E-state index is 0.0993. The largest absolute Gasteiger partial charge is 0.394 e. The van der Waals surface area contributed by atoms with Gasteiger partial charge < -0.3 is 10.4 Å². The molecule has 0 aliphatic heterocycles. The van der Waals surface area contributed by atoms with Crippen molar-refractivity contribution in [2.45, 2.75) is 13.1 Å². The van der Waals surface area contributed by atoms with Crippen LogP contribution in [0.2, 0.25) is 0 Å². The number of hydrogen-bond donors (Lipinski definition) is 2. The predicted octanol–water partition coefficient (Wildman–Crippen LogP) is 3.15. The van der Waals surface area contributed by atoms with E-state index in [0.29, 0.717) is 6.54 Å². The van der Waals surface area contributed by atoms with Crippen molar-refractivity contribution < 1.29 is 5.11 Å². The van der Waals surface area contributed by atoms with E-state index < -0.39 is 0 Å². The number of rotatable bonds is 6. The van der Waals surface area contributed by atoms with Gasteiger partial charge in [0.15, 0.2) is 0 Å². The maximum absolute atomic E-state index is 8.88. The maximum atomic E-state index is 8.88. The van der Waals surface area contributed by atoms with Gasteiger partial charge >= 0.3 is 0 Å². The van der Waals surface area contributed by atoms with Gasteiger partial charge in [-0.25, -0.2) is 0 Å². The van der Waals surface area contributed by atoms with E-state index in [1.54, 1.807) is 10.9 Å².